The van der Waals surface area contributed by atoms with E-state index in [0.29, 0.717) is 42.1 Å². The van der Waals surface area contributed by atoms with Crippen LogP contribution in [0.1, 0.15) is 65.2 Å². The van der Waals surface area contributed by atoms with Crippen molar-refractivity contribution in [2.45, 2.75) is 65.2 Å². The van der Waals surface area contributed by atoms with E-state index in [1.807, 2.05) is 4.90 Å². The summed E-state index contributed by atoms with van der Waals surface area (Å²) < 4.78 is 0. The van der Waals surface area contributed by atoms with E-state index < -0.39 is 0 Å². The van der Waals surface area contributed by atoms with Crippen LogP contribution in [0.2, 0.25) is 0 Å². The topological polar surface area (TPSA) is 46.3 Å². The molecule has 20 heavy (non-hydrogen) atoms. The monoisotopic (exact) mass is 298 g/mol. The zero-order valence-corrected chi connectivity index (χ0v) is 13.9. The number of carbonyl (C=O) groups excluding carboxylic acids is 1. The molecule has 116 valence electrons. The number of carbonyl (C=O) groups is 1. The van der Waals surface area contributed by atoms with Crippen LogP contribution >= 0.6 is 12.2 Å². The van der Waals surface area contributed by atoms with Crippen molar-refractivity contribution < 1.29 is 4.79 Å². The van der Waals surface area contributed by atoms with Crippen LogP contribution in [0.3, 0.4) is 0 Å². The molecule has 0 unspecified atom stereocenters. The SMILES string of the molecule is CC(C)CN(CCC(N)=S)C(=O)CC1CCCCCC1. The molecule has 1 amide bonds. The second kappa shape index (κ2) is 9.32. The maximum atomic E-state index is 12.5. The molecule has 0 radical (unpaired) electrons. The Morgan fingerprint density at radius 1 is 1.25 bits per heavy atom. The summed E-state index contributed by atoms with van der Waals surface area (Å²) in [4.78, 5) is 15.0. The van der Waals surface area contributed by atoms with Crippen LogP contribution in [0, 0.1) is 11.8 Å². The molecule has 1 fully saturated rings. The summed E-state index contributed by atoms with van der Waals surface area (Å²) >= 11 is 4.93. The van der Waals surface area contributed by atoms with Crippen LogP contribution in [0.4, 0.5) is 0 Å². The van der Waals surface area contributed by atoms with Crippen LogP contribution in [0.5, 0.6) is 0 Å². The lowest BCUT2D eigenvalue weighted by Crippen LogP contribution is -2.37. The molecule has 2 N–H and O–H groups in total. The average molecular weight is 298 g/mol. The van der Waals surface area contributed by atoms with Crippen LogP contribution < -0.4 is 5.73 Å². The van der Waals surface area contributed by atoms with Crippen LogP contribution in [0.15, 0.2) is 0 Å². The smallest absolute Gasteiger partial charge is 0.222 e. The highest BCUT2D eigenvalue weighted by atomic mass is 32.1. The minimum atomic E-state index is 0.293. The summed E-state index contributed by atoms with van der Waals surface area (Å²) in [5.74, 6) is 1.37. The molecule has 0 aromatic carbocycles. The van der Waals surface area contributed by atoms with Gasteiger partial charge in [-0.15, -0.1) is 0 Å². The van der Waals surface area contributed by atoms with Crippen LogP contribution in [-0.2, 0) is 4.79 Å². The first kappa shape index (κ1) is 17.4. The molecule has 0 aromatic rings. The lowest BCUT2D eigenvalue weighted by atomic mass is 9.96. The first-order chi connectivity index (χ1) is 9.49. The van der Waals surface area contributed by atoms with Gasteiger partial charge in [-0.2, -0.15) is 0 Å². The Hall–Kier alpha value is -0.640. The standard InChI is InChI=1S/C16H30N2OS/c1-13(2)12-18(10-9-15(17)20)16(19)11-14-7-5-3-4-6-8-14/h13-14H,3-12H2,1-2H3,(H2,17,20). The lowest BCUT2D eigenvalue weighted by Gasteiger charge is -2.26. The third kappa shape index (κ3) is 7.22. The molecule has 0 atom stereocenters. The summed E-state index contributed by atoms with van der Waals surface area (Å²) in [6, 6.07) is 0. The van der Waals surface area contributed by atoms with Crippen molar-refractivity contribution in [2.75, 3.05) is 13.1 Å². The van der Waals surface area contributed by atoms with E-state index in [2.05, 4.69) is 13.8 Å². The van der Waals surface area contributed by atoms with Gasteiger partial charge in [-0.1, -0.05) is 51.7 Å². The van der Waals surface area contributed by atoms with Crippen molar-refractivity contribution in [3.8, 4) is 0 Å². The number of nitrogens with two attached hydrogens (primary N) is 1. The largest absolute Gasteiger partial charge is 0.393 e. The maximum absolute atomic E-state index is 12.5. The van der Waals surface area contributed by atoms with Gasteiger partial charge in [-0.25, -0.2) is 0 Å². The van der Waals surface area contributed by atoms with E-state index in [4.69, 9.17) is 18.0 Å². The fourth-order valence-corrected chi connectivity index (χ4v) is 3.04. The van der Waals surface area contributed by atoms with Crippen molar-refractivity contribution >= 4 is 23.1 Å². The molecule has 0 aromatic heterocycles. The zero-order valence-electron chi connectivity index (χ0n) is 13.1. The normalized spacial score (nSPS) is 16.9. The number of amides is 1. The minimum Gasteiger partial charge on any atom is -0.393 e. The summed E-state index contributed by atoms with van der Waals surface area (Å²) in [5, 5.41) is 0. The Morgan fingerprint density at radius 2 is 1.85 bits per heavy atom. The van der Waals surface area contributed by atoms with E-state index >= 15 is 0 Å². The molecule has 0 spiro atoms. The molecular formula is C16H30N2OS. The van der Waals surface area contributed by atoms with Crippen LogP contribution in [0.25, 0.3) is 0 Å². The molecule has 0 heterocycles. The molecule has 0 aliphatic heterocycles. The summed E-state index contributed by atoms with van der Waals surface area (Å²) in [5.41, 5.74) is 5.57. The minimum absolute atomic E-state index is 0.293. The number of rotatable bonds is 7. The lowest BCUT2D eigenvalue weighted by molar-refractivity contribution is -0.132. The van der Waals surface area contributed by atoms with Gasteiger partial charge in [0.15, 0.2) is 0 Å². The quantitative estimate of drug-likeness (QED) is 0.578. The molecule has 0 bridgehead atoms. The van der Waals surface area contributed by atoms with E-state index in [1.54, 1.807) is 0 Å². The van der Waals surface area contributed by atoms with Gasteiger partial charge < -0.3 is 10.6 Å². The Bertz CT molecular complexity index is 310. The van der Waals surface area contributed by atoms with E-state index in [-0.39, 0.29) is 0 Å². The second-order valence-electron chi connectivity index (χ2n) is 6.51. The first-order valence-electron chi connectivity index (χ1n) is 8.05. The van der Waals surface area contributed by atoms with Crippen molar-refractivity contribution in [2.24, 2.45) is 17.6 Å². The van der Waals surface area contributed by atoms with Gasteiger partial charge in [0.05, 0.1) is 4.99 Å². The third-order valence-electron chi connectivity index (χ3n) is 4.00. The average Bonchev–Trinajstić information content (AvgIpc) is 2.62. The molecule has 4 heteroatoms. The molecule has 1 rings (SSSR count). The fraction of sp³-hybridized carbons (Fsp3) is 0.875. The highest BCUT2D eigenvalue weighted by Crippen LogP contribution is 2.26. The van der Waals surface area contributed by atoms with Gasteiger partial charge in [0.2, 0.25) is 5.91 Å². The summed E-state index contributed by atoms with van der Waals surface area (Å²) in [6.45, 7) is 5.78. The Labute approximate surface area is 129 Å². The Morgan fingerprint density at radius 3 is 2.35 bits per heavy atom. The molecule has 1 aliphatic rings. The van der Waals surface area contributed by atoms with Gasteiger partial charge in [0.1, 0.15) is 0 Å². The van der Waals surface area contributed by atoms with Crippen molar-refractivity contribution in [3.63, 3.8) is 0 Å². The number of thiocarbonyl (C=S) groups is 1. The first-order valence-corrected chi connectivity index (χ1v) is 8.46. The highest BCUT2D eigenvalue weighted by Gasteiger charge is 2.21. The fourth-order valence-electron chi connectivity index (χ4n) is 2.95. The Balaban J connectivity index is 2.49. The van der Waals surface area contributed by atoms with E-state index in [1.165, 1.54) is 38.5 Å². The van der Waals surface area contributed by atoms with Gasteiger partial charge >= 0.3 is 0 Å². The van der Waals surface area contributed by atoms with Crippen molar-refractivity contribution in [3.05, 3.63) is 0 Å². The molecular weight excluding hydrogens is 268 g/mol. The maximum Gasteiger partial charge on any atom is 0.222 e. The van der Waals surface area contributed by atoms with Gasteiger partial charge in [-0.3, -0.25) is 4.79 Å². The van der Waals surface area contributed by atoms with Crippen molar-refractivity contribution in [1.29, 1.82) is 0 Å². The molecule has 3 nitrogen and oxygen atoms in total. The molecule has 1 saturated carbocycles. The highest BCUT2D eigenvalue weighted by molar-refractivity contribution is 7.80. The zero-order chi connectivity index (χ0) is 15.0. The summed E-state index contributed by atoms with van der Waals surface area (Å²) in [7, 11) is 0. The van der Waals surface area contributed by atoms with E-state index in [0.717, 1.165) is 6.54 Å². The predicted molar refractivity (Wildman–Crippen MR) is 88.6 cm³/mol. The van der Waals surface area contributed by atoms with Gasteiger partial charge in [-0.05, 0) is 24.7 Å². The number of hydrogen-bond acceptors (Lipinski definition) is 2. The third-order valence-corrected chi connectivity index (χ3v) is 4.21. The Kier molecular flexibility index (Phi) is 8.12. The summed E-state index contributed by atoms with van der Waals surface area (Å²) in [6.07, 6.45) is 9.03. The van der Waals surface area contributed by atoms with Gasteiger partial charge in [0, 0.05) is 25.9 Å². The van der Waals surface area contributed by atoms with E-state index in [9.17, 15) is 4.79 Å². The molecule has 1 aliphatic carbocycles. The second-order valence-corrected chi connectivity index (χ2v) is 7.04. The molecule has 0 saturated heterocycles. The number of hydrogen-bond donors (Lipinski definition) is 1. The van der Waals surface area contributed by atoms with Gasteiger partial charge in [0.25, 0.3) is 0 Å². The number of nitrogens with zero attached hydrogens (tertiary/aromatic N) is 1. The van der Waals surface area contributed by atoms with Crippen molar-refractivity contribution in [1.82, 2.24) is 4.90 Å². The predicted octanol–water partition coefficient (Wildman–Crippen LogP) is 3.51. The van der Waals surface area contributed by atoms with Crippen LogP contribution in [-0.4, -0.2) is 28.9 Å².